The minimum atomic E-state index is -0.360. The second-order valence-corrected chi connectivity index (χ2v) is 4.16. The van der Waals surface area contributed by atoms with E-state index in [1.165, 1.54) is 6.07 Å². The summed E-state index contributed by atoms with van der Waals surface area (Å²) in [5, 5.41) is 3.38. The summed E-state index contributed by atoms with van der Waals surface area (Å²) in [6.45, 7) is 0.517. The number of nitrogens with two attached hydrogens (primary N) is 1. The standard InChI is InChI=1S/C13H12ClFN2/c14-10-4-5-13(12(15)7-10)17-8-9-2-1-3-11(16)6-9/h1-7,17H,8,16H2. The van der Waals surface area contributed by atoms with E-state index in [-0.39, 0.29) is 5.82 Å². The van der Waals surface area contributed by atoms with Crippen molar-refractivity contribution in [2.45, 2.75) is 6.54 Å². The zero-order valence-corrected chi connectivity index (χ0v) is 9.84. The quantitative estimate of drug-likeness (QED) is 0.816. The molecule has 2 aromatic carbocycles. The van der Waals surface area contributed by atoms with Crippen molar-refractivity contribution < 1.29 is 4.39 Å². The number of rotatable bonds is 3. The summed E-state index contributed by atoms with van der Waals surface area (Å²) in [4.78, 5) is 0. The van der Waals surface area contributed by atoms with Crippen LogP contribution in [0.15, 0.2) is 42.5 Å². The molecular weight excluding hydrogens is 239 g/mol. The molecule has 2 rings (SSSR count). The summed E-state index contributed by atoms with van der Waals surface area (Å²) >= 11 is 5.67. The molecule has 0 saturated carbocycles. The van der Waals surface area contributed by atoms with Crippen molar-refractivity contribution in [2.75, 3.05) is 11.1 Å². The van der Waals surface area contributed by atoms with E-state index in [1.807, 2.05) is 24.3 Å². The topological polar surface area (TPSA) is 38.0 Å². The third-order valence-corrected chi connectivity index (χ3v) is 2.60. The minimum absolute atomic E-state index is 0.360. The van der Waals surface area contributed by atoms with E-state index in [9.17, 15) is 4.39 Å². The van der Waals surface area contributed by atoms with Gasteiger partial charge < -0.3 is 11.1 Å². The zero-order valence-electron chi connectivity index (χ0n) is 9.08. The first kappa shape index (κ1) is 11.7. The van der Waals surface area contributed by atoms with E-state index in [4.69, 9.17) is 17.3 Å². The van der Waals surface area contributed by atoms with Crippen LogP contribution in [0.2, 0.25) is 5.02 Å². The summed E-state index contributed by atoms with van der Waals surface area (Å²) in [5.41, 5.74) is 7.78. The van der Waals surface area contributed by atoms with Crippen LogP contribution in [0.4, 0.5) is 15.8 Å². The molecule has 17 heavy (non-hydrogen) atoms. The van der Waals surface area contributed by atoms with Crippen molar-refractivity contribution in [3.63, 3.8) is 0 Å². The molecule has 2 nitrogen and oxygen atoms in total. The Morgan fingerprint density at radius 1 is 1.18 bits per heavy atom. The van der Waals surface area contributed by atoms with Gasteiger partial charge in [-0.05, 0) is 35.9 Å². The van der Waals surface area contributed by atoms with Gasteiger partial charge in [-0.2, -0.15) is 0 Å². The van der Waals surface area contributed by atoms with Gasteiger partial charge in [-0.1, -0.05) is 23.7 Å². The lowest BCUT2D eigenvalue weighted by molar-refractivity contribution is 0.630. The van der Waals surface area contributed by atoms with Gasteiger partial charge in [0.05, 0.1) is 5.69 Å². The van der Waals surface area contributed by atoms with Gasteiger partial charge in [0, 0.05) is 17.3 Å². The van der Waals surface area contributed by atoms with Crippen LogP contribution in [-0.4, -0.2) is 0 Å². The fourth-order valence-electron chi connectivity index (χ4n) is 1.53. The van der Waals surface area contributed by atoms with Gasteiger partial charge in [0.1, 0.15) is 5.82 Å². The largest absolute Gasteiger partial charge is 0.399 e. The maximum absolute atomic E-state index is 13.5. The van der Waals surface area contributed by atoms with E-state index >= 15 is 0 Å². The highest BCUT2D eigenvalue weighted by molar-refractivity contribution is 6.30. The van der Waals surface area contributed by atoms with Crippen molar-refractivity contribution >= 4 is 23.0 Å². The summed E-state index contributed by atoms with van der Waals surface area (Å²) in [7, 11) is 0. The monoisotopic (exact) mass is 250 g/mol. The second kappa shape index (κ2) is 5.06. The number of nitrogens with one attached hydrogen (secondary N) is 1. The third kappa shape index (κ3) is 3.11. The van der Waals surface area contributed by atoms with Crippen molar-refractivity contribution in [3.8, 4) is 0 Å². The second-order valence-electron chi connectivity index (χ2n) is 3.72. The summed E-state index contributed by atoms with van der Waals surface area (Å²) < 4.78 is 13.5. The first-order valence-electron chi connectivity index (χ1n) is 5.18. The number of hydrogen-bond acceptors (Lipinski definition) is 2. The van der Waals surface area contributed by atoms with Crippen LogP contribution in [0.1, 0.15) is 5.56 Å². The normalized spacial score (nSPS) is 10.2. The summed E-state index contributed by atoms with van der Waals surface area (Å²) in [5.74, 6) is -0.360. The highest BCUT2D eigenvalue weighted by atomic mass is 35.5. The first-order chi connectivity index (χ1) is 8.15. The lowest BCUT2D eigenvalue weighted by Gasteiger charge is -2.08. The van der Waals surface area contributed by atoms with E-state index in [1.54, 1.807) is 12.1 Å². The Labute approximate surface area is 104 Å². The van der Waals surface area contributed by atoms with Gasteiger partial charge in [0.25, 0.3) is 0 Å². The Morgan fingerprint density at radius 3 is 2.71 bits per heavy atom. The lowest BCUT2D eigenvalue weighted by atomic mass is 10.2. The molecule has 0 atom stereocenters. The van der Waals surface area contributed by atoms with Gasteiger partial charge in [0.2, 0.25) is 0 Å². The van der Waals surface area contributed by atoms with E-state index in [2.05, 4.69) is 5.32 Å². The Bertz CT molecular complexity index is 529. The Kier molecular flexibility index (Phi) is 3.49. The molecule has 0 spiro atoms. The number of nitrogen functional groups attached to an aromatic ring is 1. The Balaban J connectivity index is 2.07. The molecular formula is C13H12ClFN2. The molecule has 0 fully saturated rings. The van der Waals surface area contributed by atoms with Crippen molar-refractivity contribution in [3.05, 3.63) is 58.9 Å². The van der Waals surface area contributed by atoms with Gasteiger partial charge in [0.15, 0.2) is 0 Å². The highest BCUT2D eigenvalue weighted by Gasteiger charge is 2.02. The molecule has 0 radical (unpaired) electrons. The smallest absolute Gasteiger partial charge is 0.147 e. The van der Waals surface area contributed by atoms with Gasteiger partial charge >= 0.3 is 0 Å². The number of hydrogen-bond donors (Lipinski definition) is 2. The molecule has 0 aromatic heterocycles. The SMILES string of the molecule is Nc1cccc(CNc2ccc(Cl)cc2F)c1. The Hall–Kier alpha value is -1.74. The molecule has 0 amide bonds. The fraction of sp³-hybridized carbons (Fsp3) is 0.0769. The molecule has 0 heterocycles. The highest BCUT2D eigenvalue weighted by Crippen LogP contribution is 2.19. The predicted molar refractivity (Wildman–Crippen MR) is 69.6 cm³/mol. The molecule has 0 bridgehead atoms. The van der Waals surface area contributed by atoms with E-state index < -0.39 is 0 Å². The lowest BCUT2D eigenvalue weighted by Crippen LogP contribution is -2.01. The van der Waals surface area contributed by atoms with Crippen molar-refractivity contribution in [2.24, 2.45) is 0 Å². The molecule has 2 aromatic rings. The van der Waals surface area contributed by atoms with Crippen LogP contribution in [0, 0.1) is 5.82 Å². The molecule has 0 saturated heterocycles. The van der Waals surface area contributed by atoms with Crippen LogP contribution < -0.4 is 11.1 Å². The van der Waals surface area contributed by atoms with Crippen molar-refractivity contribution in [1.82, 2.24) is 0 Å². The molecule has 0 aliphatic carbocycles. The van der Waals surface area contributed by atoms with E-state index in [0.29, 0.717) is 22.9 Å². The average Bonchev–Trinajstić information content (AvgIpc) is 2.28. The average molecular weight is 251 g/mol. The molecule has 88 valence electrons. The van der Waals surface area contributed by atoms with E-state index in [0.717, 1.165) is 5.56 Å². The van der Waals surface area contributed by atoms with Gasteiger partial charge in [-0.15, -0.1) is 0 Å². The molecule has 0 aliphatic heterocycles. The van der Waals surface area contributed by atoms with Gasteiger partial charge in [-0.25, -0.2) is 4.39 Å². The summed E-state index contributed by atoms with van der Waals surface area (Å²) in [6, 6.07) is 12.0. The first-order valence-corrected chi connectivity index (χ1v) is 5.56. The minimum Gasteiger partial charge on any atom is -0.399 e. The van der Waals surface area contributed by atoms with Gasteiger partial charge in [-0.3, -0.25) is 0 Å². The van der Waals surface area contributed by atoms with Crippen LogP contribution in [0.3, 0.4) is 0 Å². The predicted octanol–water partition coefficient (Wildman–Crippen LogP) is 3.67. The zero-order chi connectivity index (χ0) is 12.3. The molecule has 4 heteroatoms. The maximum Gasteiger partial charge on any atom is 0.147 e. The molecule has 0 unspecified atom stereocenters. The van der Waals surface area contributed by atoms with Crippen LogP contribution in [-0.2, 0) is 6.54 Å². The molecule has 0 aliphatic rings. The molecule has 3 N–H and O–H groups in total. The number of benzene rings is 2. The van der Waals surface area contributed by atoms with Crippen LogP contribution in [0.5, 0.6) is 0 Å². The van der Waals surface area contributed by atoms with Crippen LogP contribution >= 0.6 is 11.6 Å². The number of halogens is 2. The maximum atomic E-state index is 13.5. The third-order valence-electron chi connectivity index (χ3n) is 2.37. The summed E-state index contributed by atoms with van der Waals surface area (Å²) in [6.07, 6.45) is 0. The fourth-order valence-corrected chi connectivity index (χ4v) is 1.69. The van der Waals surface area contributed by atoms with Crippen molar-refractivity contribution in [1.29, 1.82) is 0 Å². The number of anilines is 2. The Morgan fingerprint density at radius 2 is 2.00 bits per heavy atom. The van der Waals surface area contributed by atoms with Crippen LogP contribution in [0.25, 0.3) is 0 Å².